The quantitative estimate of drug-likeness (QED) is 0.623. The lowest BCUT2D eigenvalue weighted by Gasteiger charge is -2.21. The molecule has 1 aromatic carbocycles. The Hall–Kier alpha value is -3.33. The third-order valence-electron chi connectivity index (χ3n) is 4.88. The summed E-state index contributed by atoms with van der Waals surface area (Å²) in [5, 5.41) is 9.78. The highest BCUT2D eigenvalue weighted by Gasteiger charge is 2.31. The highest BCUT2D eigenvalue weighted by molar-refractivity contribution is 5.53. The molecule has 1 N–H and O–H groups in total. The monoisotopic (exact) mass is 431 g/mol. The highest BCUT2D eigenvalue weighted by Crippen LogP contribution is 2.31. The van der Waals surface area contributed by atoms with Crippen LogP contribution >= 0.6 is 0 Å². The number of benzene rings is 1. The van der Waals surface area contributed by atoms with E-state index in [-0.39, 0.29) is 18.6 Å². The van der Waals surface area contributed by atoms with Crippen LogP contribution in [-0.2, 0) is 12.8 Å². The van der Waals surface area contributed by atoms with Crippen LogP contribution in [0, 0.1) is 0 Å². The number of aliphatic hydroxyl groups excluding tert-OH is 1. The maximum atomic E-state index is 12.7. The van der Waals surface area contributed by atoms with Crippen LogP contribution in [-0.4, -0.2) is 34.3 Å². The van der Waals surface area contributed by atoms with Gasteiger partial charge in [0.1, 0.15) is 11.9 Å². The Morgan fingerprint density at radius 2 is 1.81 bits per heavy atom. The van der Waals surface area contributed by atoms with Crippen LogP contribution < -0.4 is 14.4 Å². The first kappa shape index (κ1) is 20.9. The predicted molar refractivity (Wildman–Crippen MR) is 107 cm³/mol. The Morgan fingerprint density at radius 3 is 2.48 bits per heavy atom. The average molecular weight is 431 g/mol. The summed E-state index contributed by atoms with van der Waals surface area (Å²) >= 11 is 0. The van der Waals surface area contributed by atoms with Gasteiger partial charge < -0.3 is 19.5 Å². The molecule has 0 spiro atoms. The fraction of sp³-hybridized carbons (Fsp3) is 0.273. The van der Waals surface area contributed by atoms with Crippen LogP contribution in [0.25, 0.3) is 0 Å². The largest absolute Gasteiger partial charge is 0.472 e. The zero-order valence-electron chi connectivity index (χ0n) is 16.4. The number of para-hydroxylation sites is 1. The molecule has 4 rings (SSSR count). The van der Waals surface area contributed by atoms with Crippen molar-refractivity contribution in [1.82, 2.24) is 9.97 Å². The first-order valence-corrected chi connectivity index (χ1v) is 9.71. The lowest BCUT2D eigenvalue weighted by Crippen LogP contribution is -2.26. The van der Waals surface area contributed by atoms with E-state index in [1.807, 2.05) is 41.3 Å². The van der Waals surface area contributed by atoms with E-state index in [9.17, 15) is 18.3 Å². The van der Waals surface area contributed by atoms with Crippen molar-refractivity contribution in [3.63, 3.8) is 0 Å². The first-order valence-electron chi connectivity index (χ1n) is 9.71. The number of rotatable bonds is 6. The summed E-state index contributed by atoms with van der Waals surface area (Å²) in [7, 11) is 0. The van der Waals surface area contributed by atoms with Gasteiger partial charge in [-0.25, -0.2) is 9.97 Å². The molecule has 3 aromatic rings. The molecular weight excluding hydrogens is 411 g/mol. The molecule has 1 fully saturated rings. The van der Waals surface area contributed by atoms with Gasteiger partial charge in [-0.05, 0) is 24.3 Å². The van der Waals surface area contributed by atoms with Gasteiger partial charge in [-0.1, -0.05) is 18.2 Å². The Labute approximate surface area is 176 Å². The number of hydrogen-bond acceptors (Lipinski definition) is 6. The molecule has 0 aliphatic carbocycles. The van der Waals surface area contributed by atoms with Crippen LogP contribution in [0.2, 0.25) is 0 Å². The maximum Gasteiger partial charge on any atom is 0.417 e. The van der Waals surface area contributed by atoms with Crippen molar-refractivity contribution in [2.45, 2.75) is 25.3 Å². The molecule has 1 aliphatic heterocycles. The molecule has 0 saturated carbocycles. The number of aromatic nitrogens is 2. The van der Waals surface area contributed by atoms with Crippen molar-refractivity contribution >= 4 is 5.69 Å². The van der Waals surface area contributed by atoms with Gasteiger partial charge in [0.15, 0.2) is 0 Å². The zero-order valence-corrected chi connectivity index (χ0v) is 16.4. The number of hydrogen-bond donors (Lipinski definition) is 1. The third-order valence-corrected chi connectivity index (χ3v) is 4.88. The topological polar surface area (TPSA) is 67.7 Å². The fourth-order valence-electron chi connectivity index (χ4n) is 3.38. The summed E-state index contributed by atoms with van der Waals surface area (Å²) in [6.45, 7) is 0.888. The van der Waals surface area contributed by atoms with Gasteiger partial charge in [0.2, 0.25) is 11.8 Å². The molecule has 1 aliphatic rings. The molecule has 2 aromatic heterocycles. The van der Waals surface area contributed by atoms with E-state index >= 15 is 0 Å². The average Bonchev–Trinajstić information content (AvgIpc) is 3.22. The van der Waals surface area contributed by atoms with Crippen molar-refractivity contribution in [3.05, 3.63) is 72.1 Å². The number of anilines is 1. The van der Waals surface area contributed by atoms with Crippen LogP contribution in [0.15, 0.2) is 60.8 Å². The molecule has 1 unspecified atom stereocenters. The van der Waals surface area contributed by atoms with Gasteiger partial charge >= 0.3 is 6.18 Å². The summed E-state index contributed by atoms with van der Waals surface area (Å²) < 4.78 is 49.4. The SMILES string of the molecule is OCc1nc(Oc2ccccc2)ccc1N1CCC(Oc2ccc(C(F)(F)F)cn2)C1. The molecule has 1 atom stereocenters. The Balaban J connectivity index is 1.41. The van der Waals surface area contributed by atoms with Gasteiger partial charge in [-0.3, -0.25) is 0 Å². The van der Waals surface area contributed by atoms with E-state index in [1.54, 1.807) is 6.07 Å². The molecular formula is C22H20F3N3O3. The van der Waals surface area contributed by atoms with E-state index < -0.39 is 11.7 Å². The third kappa shape index (κ3) is 5.05. The minimum atomic E-state index is -4.43. The first-order chi connectivity index (χ1) is 14.9. The molecule has 1 saturated heterocycles. The Kier molecular flexibility index (Phi) is 5.94. The normalized spacial score (nSPS) is 16.4. The number of aliphatic hydroxyl groups is 1. The van der Waals surface area contributed by atoms with Crippen LogP contribution in [0.3, 0.4) is 0 Å². The van der Waals surface area contributed by atoms with E-state index in [2.05, 4.69) is 9.97 Å². The van der Waals surface area contributed by atoms with E-state index in [4.69, 9.17) is 9.47 Å². The molecule has 9 heteroatoms. The van der Waals surface area contributed by atoms with Gasteiger partial charge in [0.25, 0.3) is 0 Å². The summed E-state index contributed by atoms with van der Waals surface area (Å²) in [6, 6.07) is 14.9. The standard InChI is InChI=1S/C22H20F3N3O3/c23-22(24,25)15-6-8-20(26-12-15)31-17-10-11-28(13-17)19-7-9-21(27-18(19)14-29)30-16-4-2-1-3-5-16/h1-9,12,17,29H,10-11,13-14H2. The lowest BCUT2D eigenvalue weighted by atomic mass is 10.2. The molecule has 3 heterocycles. The second kappa shape index (κ2) is 8.81. The minimum Gasteiger partial charge on any atom is -0.472 e. The number of pyridine rings is 2. The summed E-state index contributed by atoms with van der Waals surface area (Å²) in [4.78, 5) is 10.2. The summed E-state index contributed by atoms with van der Waals surface area (Å²) in [6.07, 6.45) is -3.24. The van der Waals surface area contributed by atoms with Gasteiger partial charge in [0.05, 0.1) is 30.1 Å². The number of alkyl halides is 3. The molecule has 0 amide bonds. The smallest absolute Gasteiger partial charge is 0.417 e. The maximum absolute atomic E-state index is 12.7. The Morgan fingerprint density at radius 1 is 1.03 bits per heavy atom. The van der Waals surface area contributed by atoms with Crippen molar-refractivity contribution < 1.29 is 27.8 Å². The van der Waals surface area contributed by atoms with Crippen molar-refractivity contribution in [2.75, 3.05) is 18.0 Å². The second-order valence-electron chi connectivity index (χ2n) is 7.05. The summed E-state index contributed by atoms with van der Waals surface area (Å²) in [5.41, 5.74) is 0.417. The van der Waals surface area contributed by atoms with Crippen LogP contribution in [0.1, 0.15) is 17.7 Å². The van der Waals surface area contributed by atoms with E-state index in [0.29, 0.717) is 36.8 Å². The van der Waals surface area contributed by atoms with Crippen LogP contribution in [0.5, 0.6) is 17.5 Å². The van der Waals surface area contributed by atoms with Crippen molar-refractivity contribution in [2.24, 2.45) is 0 Å². The minimum absolute atomic E-state index is 0.145. The molecule has 6 nitrogen and oxygen atoms in total. The number of halogens is 3. The fourth-order valence-corrected chi connectivity index (χ4v) is 3.38. The predicted octanol–water partition coefficient (Wildman–Crippen LogP) is 4.44. The number of nitrogens with zero attached hydrogens (tertiary/aromatic N) is 3. The number of ether oxygens (including phenoxy) is 2. The summed E-state index contributed by atoms with van der Waals surface area (Å²) in [5.74, 6) is 1.16. The highest BCUT2D eigenvalue weighted by atomic mass is 19.4. The molecule has 31 heavy (non-hydrogen) atoms. The molecule has 0 bridgehead atoms. The second-order valence-corrected chi connectivity index (χ2v) is 7.05. The molecule has 0 radical (unpaired) electrons. The van der Waals surface area contributed by atoms with Crippen LogP contribution in [0.4, 0.5) is 18.9 Å². The Bertz CT molecular complexity index is 1010. The van der Waals surface area contributed by atoms with E-state index in [1.165, 1.54) is 6.07 Å². The van der Waals surface area contributed by atoms with Gasteiger partial charge in [-0.15, -0.1) is 0 Å². The van der Waals surface area contributed by atoms with Gasteiger partial charge in [0, 0.05) is 31.3 Å². The molecule has 162 valence electrons. The zero-order chi connectivity index (χ0) is 21.8. The lowest BCUT2D eigenvalue weighted by molar-refractivity contribution is -0.137. The van der Waals surface area contributed by atoms with Gasteiger partial charge in [-0.2, -0.15) is 13.2 Å². The van der Waals surface area contributed by atoms with Crippen molar-refractivity contribution in [3.8, 4) is 17.5 Å². The van der Waals surface area contributed by atoms with E-state index in [0.717, 1.165) is 18.0 Å². The van der Waals surface area contributed by atoms with Crippen molar-refractivity contribution in [1.29, 1.82) is 0 Å².